The van der Waals surface area contributed by atoms with E-state index in [1.807, 2.05) is 12.5 Å². The van der Waals surface area contributed by atoms with Gasteiger partial charge in [-0.1, -0.05) is 19.8 Å². The van der Waals surface area contributed by atoms with Gasteiger partial charge in [0, 0.05) is 0 Å². The highest BCUT2D eigenvalue weighted by Gasteiger charge is 1.94. The Hall–Kier alpha value is -1.59. The van der Waals surface area contributed by atoms with Gasteiger partial charge in [-0.2, -0.15) is 0 Å². The van der Waals surface area contributed by atoms with E-state index < -0.39 is 5.09 Å². The zero-order valence-corrected chi connectivity index (χ0v) is 8.89. The van der Waals surface area contributed by atoms with E-state index in [0.29, 0.717) is 0 Å². The Bertz CT molecular complexity index is 245. The lowest BCUT2D eigenvalue weighted by molar-refractivity contribution is -0.696. The fourth-order valence-electron chi connectivity index (χ4n) is 1.18. The van der Waals surface area contributed by atoms with Crippen LogP contribution in [0.3, 0.4) is 0 Å². The van der Waals surface area contributed by atoms with Crippen molar-refractivity contribution in [1.29, 1.82) is 0 Å². The summed E-state index contributed by atoms with van der Waals surface area (Å²) in [6, 6.07) is 0. The van der Waals surface area contributed by atoms with Crippen LogP contribution in [0.2, 0.25) is 0 Å². The number of H-pyrrole nitrogens is 1. The average molecular weight is 215 g/mol. The van der Waals surface area contributed by atoms with E-state index in [9.17, 15) is 0 Å². The molecule has 1 rings (SSSR count). The van der Waals surface area contributed by atoms with Crippen molar-refractivity contribution >= 4 is 0 Å². The standard InChI is InChI=1S/C9H16N2.NO3/c1-2-3-4-5-7-11-8-6-10-9-11;2-1(3)4/h6,8-9H,2-5,7H2,1H3;/q;-1/p+1. The van der Waals surface area contributed by atoms with Crippen molar-refractivity contribution in [2.75, 3.05) is 0 Å². The predicted octanol–water partition coefficient (Wildman–Crippen LogP) is 1.64. The summed E-state index contributed by atoms with van der Waals surface area (Å²) in [5.41, 5.74) is 0. The van der Waals surface area contributed by atoms with Gasteiger partial charge in [0.15, 0.2) is 0 Å². The topological polar surface area (TPSA) is 85.9 Å². The van der Waals surface area contributed by atoms with Gasteiger partial charge in [0.2, 0.25) is 6.33 Å². The van der Waals surface area contributed by atoms with Crippen LogP contribution in [0.4, 0.5) is 0 Å². The Labute approximate surface area is 88.7 Å². The first-order chi connectivity index (χ1) is 7.16. The Morgan fingerprint density at radius 3 is 2.47 bits per heavy atom. The van der Waals surface area contributed by atoms with Crippen molar-refractivity contribution in [3.63, 3.8) is 0 Å². The molecule has 0 fully saturated rings. The first kappa shape index (κ1) is 13.4. The second-order valence-electron chi connectivity index (χ2n) is 3.13. The van der Waals surface area contributed by atoms with Gasteiger partial charge < -0.3 is 15.3 Å². The van der Waals surface area contributed by atoms with Crippen LogP contribution in [0.1, 0.15) is 32.6 Å². The van der Waals surface area contributed by atoms with E-state index in [0.717, 1.165) is 6.54 Å². The van der Waals surface area contributed by atoms with Crippen molar-refractivity contribution in [2.24, 2.45) is 0 Å². The molecule has 0 aliphatic rings. The molecular formula is C9H17N3O3. The summed E-state index contributed by atoms with van der Waals surface area (Å²) in [5, 5.41) is 14.8. The molecular weight excluding hydrogens is 198 g/mol. The molecule has 6 heteroatoms. The minimum absolute atomic E-state index is 1.16. The quantitative estimate of drug-likeness (QED) is 0.350. The number of hydrogen-bond donors (Lipinski definition) is 1. The molecule has 0 saturated heterocycles. The maximum Gasteiger partial charge on any atom is 0.241 e. The number of nitrogens with zero attached hydrogens (tertiary/aromatic N) is 2. The molecule has 0 aliphatic heterocycles. The number of imidazole rings is 1. The molecule has 0 amide bonds. The second kappa shape index (κ2) is 8.98. The molecule has 0 saturated carbocycles. The van der Waals surface area contributed by atoms with Gasteiger partial charge in [0.25, 0.3) is 0 Å². The third-order valence-electron chi connectivity index (χ3n) is 1.87. The molecule has 1 aromatic rings. The Morgan fingerprint density at radius 1 is 1.33 bits per heavy atom. The lowest BCUT2D eigenvalue weighted by Crippen LogP contribution is -2.30. The van der Waals surface area contributed by atoms with E-state index >= 15 is 0 Å². The Balaban J connectivity index is 0.000000423. The molecule has 0 atom stereocenters. The molecule has 0 bridgehead atoms. The highest BCUT2D eigenvalue weighted by molar-refractivity contribution is 4.55. The van der Waals surface area contributed by atoms with Gasteiger partial charge in [-0.25, -0.2) is 4.57 Å². The molecule has 0 aromatic carbocycles. The van der Waals surface area contributed by atoms with Crippen LogP contribution in [-0.2, 0) is 6.54 Å². The first-order valence-electron chi connectivity index (χ1n) is 5.00. The number of hydrogen-bond acceptors (Lipinski definition) is 3. The van der Waals surface area contributed by atoms with E-state index in [1.165, 1.54) is 25.7 Å². The SMILES string of the molecule is CCCCCC[n+]1cc[nH]c1.O=[N+]([O-])[O-]. The van der Waals surface area contributed by atoms with Crippen LogP contribution in [0, 0.1) is 15.3 Å². The molecule has 0 unspecified atom stereocenters. The minimum atomic E-state index is -1.75. The van der Waals surface area contributed by atoms with Crippen molar-refractivity contribution in [3.05, 3.63) is 34.0 Å². The van der Waals surface area contributed by atoms with Crippen LogP contribution >= 0.6 is 0 Å². The number of aromatic amines is 1. The second-order valence-corrected chi connectivity index (χ2v) is 3.13. The zero-order valence-electron chi connectivity index (χ0n) is 8.89. The lowest BCUT2D eigenvalue weighted by atomic mass is 10.2. The molecule has 86 valence electrons. The van der Waals surface area contributed by atoms with Gasteiger partial charge in [-0.05, 0) is 12.8 Å². The minimum Gasteiger partial charge on any atom is -0.356 e. The molecule has 15 heavy (non-hydrogen) atoms. The summed E-state index contributed by atoms with van der Waals surface area (Å²) in [6.07, 6.45) is 11.4. The molecule has 0 aliphatic carbocycles. The summed E-state index contributed by atoms with van der Waals surface area (Å²) < 4.78 is 2.19. The van der Waals surface area contributed by atoms with Gasteiger partial charge in [-0.15, -0.1) is 0 Å². The Kier molecular flexibility index (Phi) is 8.03. The van der Waals surface area contributed by atoms with Crippen molar-refractivity contribution in [2.45, 2.75) is 39.2 Å². The van der Waals surface area contributed by atoms with Crippen LogP contribution in [0.15, 0.2) is 18.7 Å². The van der Waals surface area contributed by atoms with Crippen molar-refractivity contribution < 1.29 is 9.65 Å². The van der Waals surface area contributed by atoms with Gasteiger partial charge in [-0.3, -0.25) is 4.98 Å². The molecule has 1 aromatic heterocycles. The van der Waals surface area contributed by atoms with E-state index in [1.54, 1.807) is 0 Å². The number of unbranched alkanes of at least 4 members (excludes halogenated alkanes) is 3. The zero-order chi connectivity index (χ0) is 11.5. The summed E-state index contributed by atoms with van der Waals surface area (Å²) in [7, 11) is 0. The average Bonchev–Trinajstić information content (AvgIpc) is 2.64. The molecule has 0 radical (unpaired) electrons. The van der Waals surface area contributed by atoms with E-state index in [4.69, 9.17) is 15.3 Å². The third kappa shape index (κ3) is 10.3. The molecule has 1 heterocycles. The maximum atomic E-state index is 8.25. The smallest absolute Gasteiger partial charge is 0.241 e. The van der Waals surface area contributed by atoms with Gasteiger partial charge in [0.05, 0.1) is 11.6 Å². The summed E-state index contributed by atoms with van der Waals surface area (Å²) in [6.45, 7) is 3.40. The van der Waals surface area contributed by atoms with E-state index in [-0.39, 0.29) is 0 Å². The van der Waals surface area contributed by atoms with Crippen LogP contribution in [-0.4, -0.2) is 10.1 Å². The van der Waals surface area contributed by atoms with Crippen LogP contribution in [0.5, 0.6) is 0 Å². The van der Waals surface area contributed by atoms with Gasteiger partial charge in [0.1, 0.15) is 12.4 Å². The molecule has 1 N–H and O–H groups in total. The van der Waals surface area contributed by atoms with E-state index in [2.05, 4.69) is 22.7 Å². The number of aryl methyl sites for hydroxylation is 1. The monoisotopic (exact) mass is 215 g/mol. The predicted molar refractivity (Wildman–Crippen MR) is 55.5 cm³/mol. The maximum absolute atomic E-state index is 8.25. The summed E-state index contributed by atoms with van der Waals surface area (Å²) in [4.78, 5) is 11.3. The highest BCUT2D eigenvalue weighted by Crippen LogP contribution is 1.97. The Morgan fingerprint density at radius 2 is 2.00 bits per heavy atom. The van der Waals surface area contributed by atoms with Gasteiger partial charge >= 0.3 is 0 Å². The fraction of sp³-hybridized carbons (Fsp3) is 0.667. The summed E-state index contributed by atoms with van der Waals surface area (Å²) in [5.74, 6) is 0. The normalized spacial score (nSPS) is 9.13. The largest absolute Gasteiger partial charge is 0.356 e. The van der Waals surface area contributed by atoms with Crippen molar-refractivity contribution in [1.82, 2.24) is 4.98 Å². The highest BCUT2D eigenvalue weighted by atomic mass is 16.9. The lowest BCUT2D eigenvalue weighted by Gasteiger charge is -1.95. The first-order valence-corrected chi connectivity index (χ1v) is 5.00. The fourth-order valence-corrected chi connectivity index (χ4v) is 1.18. The van der Waals surface area contributed by atoms with Crippen molar-refractivity contribution in [3.8, 4) is 0 Å². The number of rotatable bonds is 5. The third-order valence-corrected chi connectivity index (χ3v) is 1.87. The molecule has 6 nitrogen and oxygen atoms in total. The number of nitrogens with one attached hydrogen (secondary N) is 1. The molecule has 0 spiro atoms. The van der Waals surface area contributed by atoms with Crippen LogP contribution < -0.4 is 4.57 Å². The number of aromatic nitrogens is 2. The summed E-state index contributed by atoms with van der Waals surface area (Å²) >= 11 is 0. The van der Waals surface area contributed by atoms with Crippen LogP contribution in [0.25, 0.3) is 0 Å².